The highest BCUT2D eigenvalue weighted by molar-refractivity contribution is 6.29. The fourth-order valence-electron chi connectivity index (χ4n) is 9.79. The lowest BCUT2D eigenvalue weighted by molar-refractivity contribution is 1.37. The molecule has 0 atom stereocenters. The molecule has 8 aromatic carbocycles. The monoisotopic (exact) mass is 660 g/mol. The zero-order chi connectivity index (χ0) is 33.7. The molecule has 8 aromatic rings. The molecule has 0 spiro atoms. The van der Waals surface area contributed by atoms with E-state index in [2.05, 4.69) is 121 Å². The molecule has 0 aromatic heterocycles. The van der Waals surface area contributed by atoms with Gasteiger partial charge in [-0.3, -0.25) is 20.0 Å². The highest BCUT2D eigenvalue weighted by atomic mass is 14.9. The predicted octanol–water partition coefficient (Wildman–Crippen LogP) is 11.3. The van der Waals surface area contributed by atoms with Crippen molar-refractivity contribution in [2.75, 3.05) is 0 Å². The molecule has 0 fully saturated rings. The summed E-state index contributed by atoms with van der Waals surface area (Å²) in [7, 11) is 0. The lowest BCUT2D eigenvalue weighted by Crippen LogP contribution is -2.04. The van der Waals surface area contributed by atoms with Gasteiger partial charge in [0.1, 0.15) is 0 Å². The van der Waals surface area contributed by atoms with Crippen LogP contribution in [0, 0.1) is 0 Å². The largest absolute Gasteiger partial charge is 0.251 e. The summed E-state index contributed by atoms with van der Waals surface area (Å²) in [5.74, 6) is 0. The second-order valence-corrected chi connectivity index (χ2v) is 14.9. The van der Waals surface area contributed by atoms with Gasteiger partial charge in [0.15, 0.2) is 0 Å². The van der Waals surface area contributed by atoms with Crippen LogP contribution in [0.5, 0.6) is 0 Å². The van der Waals surface area contributed by atoms with Crippen LogP contribution in [0.3, 0.4) is 0 Å². The van der Waals surface area contributed by atoms with E-state index >= 15 is 0 Å². The van der Waals surface area contributed by atoms with Crippen molar-refractivity contribution in [3.05, 3.63) is 166 Å². The molecule has 0 N–H and O–H groups in total. The van der Waals surface area contributed by atoms with Crippen molar-refractivity contribution in [2.45, 2.75) is 25.7 Å². The van der Waals surface area contributed by atoms with Gasteiger partial charge in [-0.25, -0.2) is 0 Å². The molecule has 5 aliphatic rings. The second kappa shape index (κ2) is 9.62. The van der Waals surface area contributed by atoms with E-state index in [1.54, 1.807) is 0 Å². The first-order valence-electron chi connectivity index (χ1n) is 18.2. The van der Waals surface area contributed by atoms with Gasteiger partial charge < -0.3 is 0 Å². The van der Waals surface area contributed by atoms with Crippen molar-refractivity contribution in [2.24, 2.45) is 20.0 Å². The lowest BCUT2D eigenvalue weighted by Gasteiger charge is -2.11. The number of benzene rings is 8. The molecule has 0 aliphatic carbocycles. The maximum Gasteiger partial charge on any atom is 0.0766 e. The molecule has 240 valence electrons. The maximum absolute atomic E-state index is 5.63. The highest BCUT2D eigenvalue weighted by Crippen LogP contribution is 2.49. The predicted molar refractivity (Wildman–Crippen MR) is 215 cm³/mol. The van der Waals surface area contributed by atoms with Crippen LogP contribution >= 0.6 is 0 Å². The number of rotatable bonds is 0. The average Bonchev–Trinajstić information content (AvgIpc) is 3.98. The minimum absolute atomic E-state index is 0.755. The standard InChI is InChI=1S/C48H28N4/c1-5-13-33-25(9-1)17-29-21-38-42-34-14-6-2-11-27(34)19-31-23-40(51-47(31)42)44-36-16-8-4-12-28(36)20-32-24-39(52-48(32)44)43-35-15-7-3-10-26(35)18-30-22-37(49-46(30)43)41(33)45(29)50-38/h1-20H,21-24H2. The molecule has 5 heterocycles. The summed E-state index contributed by atoms with van der Waals surface area (Å²) in [6.07, 6.45) is 3.02. The van der Waals surface area contributed by atoms with Crippen molar-refractivity contribution >= 4 is 88.7 Å². The van der Waals surface area contributed by atoms with E-state index in [4.69, 9.17) is 20.0 Å². The first kappa shape index (κ1) is 27.2. The first-order valence-corrected chi connectivity index (χ1v) is 18.2. The number of aliphatic imine (C=N–C) groups is 4. The minimum Gasteiger partial charge on any atom is -0.251 e. The first-order chi connectivity index (χ1) is 25.7. The Hall–Kier alpha value is -6.52. The van der Waals surface area contributed by atoms with Gasteiger partial charge in [-0.15, -0.1) is 0 Å². The van der Waals surface area contributed by atoms with E-state index in [0.717, 1.165) is 93.5 Å². The zero-order valence-electron chi connectivity index (χ0n) is 28.2. The van der Waals surface area contributed by atoms with E-state index in [-0.39, 0.29) is 0 Å². The third kappa shape index (κ3) is 3.51. The van der Waals surface area contributed by atoms with E-state index in [1.807, 2.05) is 0 Å². The van der Waals surface area contributed by atoms with Crippen LogP contribution in [0.1, 0.15) is 44.5 Å². The van der Waals surface area contributed by atoms with Gasteiger partial charge in [-0.2, -0.15) is 0 Å². The fourth-order valence-corrected chi connectivity index (χ4v) is 9.79. The minimum atomic E-state index is 0.755. The summed E-state index contributed by atoms with van der Waals surface area (Å²) in [6.45, 7) is 0. The average molecular weight is 661 g/mol. The van der Waals surface area contributed by atoms with Gasteiger partial charge in [0.2, 0.25) is 0 Å². The van der Waals surface area contributed by atoms with Gasteiger partial charge in [0, 0.05) is 47.9 Å². The maximum atomic E-state index is 5.63. The molecular weight excluding hydrogens is 633 g/mol. The molecular formula is C48H28N4. The molecule has 5 aliphatic heterocycles. The Balaban J connectivity index is 1.20. The Morgan fingerprint density at radius 1 is 0.288 bits per heavy atom. The Bertz CT molecular complexity index is 2740. The number of nitrogens with zero attached hydrogens (tertiary/aromatic N) is 4. The Kier molecular flexibility index (Phi) is 5.04. The Morgan fingerprint density at radius 2 is 0.519 bits per heavy atom. The number of fused-ring (bicyclic) bond motifs is 12. The van der Waals surface area contributed by atoms with Crippen LogP contribution in [0.2, 0.25) is 0 Å². The lowest BCUT2D eigenvalue weighted by atomic mass is 9.89. The Labute approximate surface area is 299 Å². The summed E-state index contributed by atoms with van der Waals surface area (Å²) in [5.41, 5.74) is 18.2. The van der Waals surface area contributed by atoms with Gasteiger partial charge in [-0.1, -0.05) is 97.1 Å². The van der Waals surface area contributed by atoms with Gasteiger partial charge in [0.05, 0.1) is 45.6 Å². The summed E-state index contributed by atoms with van der Waals surface area (Å²) in [5, 5.41) is 9.73. The van der Waals surface area contributed by atoms with Crippen LogP contribution in [0.4, 0.5) is 22.7 Å². The van der Waals surface area contributed by atoms with Crippen LogP contribution in [-0.2, 0) is 25.7 Å². The topological polar surface area (TPSA) is 49.4 Å². The molecule has 0 unspecified atom stereocenters. The van der Waals surface area contributed by atoms with Crippen LogP contribution in [0.25, 0.3) is 43.1 Å². The van der Waals surface area contributed by atoms with Crippen molar-refractivity contribution in [3.8, 4) is 0 Å². The van der Waals surface area contributed by atoms with Crippen molar-refractivity contribution < 1.29 is 0 Å². The molecule has 4 nitrogen and oxygen atoms in total. The van der Waals surface area contributed by atoms with E-state index in [0.29, 0.717) is 0 Å². The smallest absolute Gasteiger partial charge is 0.0766 e. The van der Waals surface area contributed by atoms with Crippen LogP contribution < -0.4 is 0 Å². The normalized spacial score (nSPS) is 15.8. The number of hydrogen-bond acceptors (Lipinski definition) is 4. The van der Waals surface area contributed by atoms with Crippen molar-refractivity contribution in [1.29, 1.82) is 0 Å². The van der Waals surface area contributed by atoms with Crippen molar-refractivity contribution in [1.82, 2.24) is 0 Å². The molecule has 13 rings (SSSR count). The summed E-state index contributed by atoms with van der Waals surface area (Å²) in [4.78, 5) is 22.5. The van der Waals surface area contributed by atoms with Crippen LogP contribution in [-0.4, -0.2) is 22.8 Å². The van der Waals surface area contributed by atoms with Gasteiger partial charge in [0.25, 0.3) is 0 Å². The molecule has 0 saturated carbocycles. The SMILES string of the molecule is c1ccc2c3c4c(cc2c1)CC(=N4)c1c2c(cc4ccccc14)CC(=N2)c1c2c(cc4ccccc14)CC(=N2)c1c2c(cc4ccccc14)CC3=N2. The molecule has 8 bridgehead atoms. The quantitative estimate of drug-likeness (QED) is 0.155. The van der Waals surface area contributed by atoms with Gasteiger partial charge >= 0.3 is 0 Å². The third-order valence-electron chi connectivity index (χ3n) is 12.0. The molecule has 52 heavy (non-hydrogen) atoms. The summed E-state index contributed by atoms with van der Waals surface area (Å²) in [6, 6.07) is 44.5. The number of hydrogen-bond donors (Lipinski definition) is 0. The van der Waals surface area contributed by atoms with Gasteiger partial charge in [-0.05, 0) is 89.6 Å². The second-order valence-electron chi connectivity index (χ2n) is 14.9. The fraction of sp³-hybridized carbons (Fsp3) is 0.0833. The molecule has 4 heteroatoms. The van der Waals surface area contributed by atoms with Crippen LogP contribution in [0.15, 0.2) is 141 Å². The third-order valence-corrected chi connectivity index (χ3v) is 12.0. The molecule has 0 radical (unpaired) electrons. The van der Waals surface area contributed by atoms with Crippen molar-refractivity contribution in [3.63, 3.8) is 0 Å². The summed E-state index contributed by atoms with van der Waals surface area (Å²) < 4.78 is 0. The Morgan fingerprint density at radius 3 is 0.769 bits per heavy atom. The molecule has 0 amide bonds. The van der Waals surface area contributed by atoms with E-state index < -0.39 is 0 Å². The zero-order valence-corrected chi connectivity index (χ0v) is 28.2. The van der Waals surface area contributed by atoms with E-state index in [9.17, 15) is 0 Å². The highest BCUT2D eigenvalue weighted by Gasteiger charge is 2.34. The molecule has 0 saturated heterocycles. The summed E-state index contributed by atoms with van der Waals surface area (Å²) >= 11 is 0. The van der Waals surface area contributed by atoms with E-state index in [1.165, 1.54) is 65.3 Å².